The van der Waals surface area contributed by atoms with Crippen LogP contribution in [0.5, 0.6) is 0 Å². The number of carbonyl (C=O) groups excluding carboxylic acids is 1. The number of carbonyl (C=O) groups is 1. The Morgan fingerprint density at radius 3 is 2.63 bits per heavy atom. The lowest BCUT2D eigenvalue weighted by Gasteiger charge is -2.24. The van der Waals surface area contributed by atoms with Crippen molar-refractivity contribution in [1.82, 2.24) is 10.3 Å². The number of rotatable bonds is 5. The van der Waals surface area contributed by atoms with E-state index in [9.17, 15) is 4.79 Å². The smallest absolute Gasteiger partial charge is 0.262 e. The zero-order valence-electron chi connectivity index (χ0n) is 10.7. The summed E-state index contributed by atoms with van der Waals surface area (Å²) < 4.78 is -1.58. The topological polar surface area (TPSA) is 58.6 Å². The Bertz CT molecular complexity index is 406. The molecule has 3 N–H and O–H groups in total. The highest BCUT2D eigenvalue weighted by atomic mass is 35.6. The molecule has 1 aromatic rings. The zero-order chi connectivity index (χ0) is 14.5. The van der Waals surface area contributed by atoms with E-state index in [4.69, 9.17) is 34.8 Å². The zero-order valence-corrected chi connectivity index (χ0v) is 13.0. The maximum Gasteiger partial charge on any atom is 0.262 e. The van der Waals surface area contributed by atoms with Crippen molar-refractivity contribution in [3.63, 3.8) is 0 Å². The Morgan fingerprint density at radius 2 is 2.16 bits per heavy atom. The van der Waals surface area contributed by atoms with Crippen LogP contribution in [-0.2, 0) is 11.3 Å². The van der Waals surface area contributed by atoms with Gasteiger partial charge in [-0.05, 0) is 6.07 Å². The number of amides is 1. The first-order valence-corrected chi connectivity index (χ1v) is 7.03. The van der Waals surface area contributed by atoms with Gasteiger partial charge < -0.3 is 10.6 Å². The van der Waals surface area contributed by atoms with Crippen molar-refractivity contribution in [2.24, 2.45) is 5.92 Å². The first kappa shape index (κ1) is 16.5. The molecule has 19 heavy (non-hydrogen) atoms. The van der Waals surface area contributed by atoms with Crippen molar-refractivity contribution >= 4 is 40.7 Å². The number of aromatic nitrogens is 1. The molecule has 0 aliphatic rings. The number of nitrogens with zero attached hydrogens (tertiary/aromatic N) is 1. The van der Waals surface area contributed by atoms with Gasteiger partial charge in [0.1, 0.15) is 6.54 Å². The van der Waals surface area contributed by atoms with Crippen LogP contribution in [0.25, 0.3) is 0 Å². The summed E-state index contributed by atoms with van der Waals surface area (Å²) in [7, 11) is 0. The van der Waals surface area contributed by atoms with Gasteiger partial charge >= 0.3 is 0 Å². The molecule has 0 saturated carbocycles. The maximum atomic E-state index is 11.7. The highest BCUT2D eigenvalue weighted by molar-refractivity contribution is 6.68. The molecular formula is C12H17Cl3N3O+. The Morgan fingerprint density at radius 1 is 1.47 bits per heavy atom. The van der Waals surface area contributed by atoms with Crippen molar-refractivity contribution in [3.8, 4) is 0 Å². The Labute approximate surface area is 127 Å². The van der Waals surface area contributed by atoms with E-state index >= 15 is 0 Å². The summed E-state index contributed by atoms with van der Waals surface area (Å²) >= 11 is 17.7. The molecule has 0 unspecified atom stereocenters. The molecular weight excluding hydrogens is 309 g/mol. The highest BCUT2D eigenvalue weighted by Crippen LogP contribution is 2.27. The molecule has 1 atom stereocenters. The standard InChI is InChI=1S/C12H16Cl3N3O/c1-8(2)10(19)18-11(12(13,14)15)17-7-9-4-3-5-16-6-9/h3-6,8,11,17H,7H2,1-2H3,(H,18,19)/p+1/t11-/m0/s1. The van der Waals surface area contributed by atoms with Gasteiger partial charge in [0.05, 0.1) is 0 Å². The molecule has 4 nitrogen and oxygen atoms in total. The van der Waals surface area contributed by atoms with Crippen LogP contribution in [0.2, 0.25) is 0 Å². The second-order valence-corrected chi connectivity index (χ2v) is 6.85. The van der Waals surface area contributed by atoms with Gasteiger partial charge in [0.2, 0.25) is 12.1 Å². The quantitative estimate of drug-likeness (QED) is 0.638. The van der Waals surface area contributed by atoms with Crippen molar-refractivity contribution in [1.29, 1.82) is 0 Å². The molecule has 0 radical (unpaired) electrons. The molecule has 0 aliphatic heterocycles. The van der Waals surface area contributed by atoms with Crippen LogP contribution in [0.4, 0.5) is 0 Å². The molecule has 1 aromatic heterocycles. The lowest BCUT2D eigenvalue weighted by molar-refractivity contribution is -0.707. The van der Waals surface area contributed by atoms with Gasteiger partial charge in [0.25, 0.3) is 3.79 Å². The first-order valence-electron chi connectivity index (χ1n) is 5.90. The second kappa shape index (κ2) is 7.29. The number of halogens is 3. The SMILES string of the molecule is CC(C)C(=O)N[C@H]([NH2+]Cc1cccnc1)C(Cl)(Cl)Cl. The van der Waals surface area contributed by atoms with Crippen LogP contribution in [0.15, 0.2) is 24.5 Å². The summed E-state index contributed by atoms with van der Waals surface area (Å²) in [5.41, 5.74) is 0.987. The third kappa shape index (κ3) is 5.95. The van der Waals surface area contributed by atoms with E-state index in [1.54, 1.807) is 31.6 Å². The Kier molecular flexibility index (Phi) is 6.33. The van der Waals surface area contributed by atoms with Gasteiger partial charge in [0, 0.05) is 23.9 Å². The van der Waals surface area contributed by atoms with Gasteiger partial charge in [-0.25, -0.2) is 0 Å². The van der Waals surface area contributed by atoms with E-state index in [1.165, 1.54) is 0 Å². The summed E-state index contributed by atoms with van der Waals surface area (Å²) in [5.74, 6) is -0.319. The summed E-state index contributed by atoms with van der Waals surface area (Å²) in [6.07, 6.45) is 2.78. The highest BCUT2D eigenvalue weighted by Gasteiger charge is 2.37. The first-order chi connectivity index (χ1) is 8.80. The average Bonchev–Trinajstić information content (AvgIpc) is 2.33. The van der Waals surface area contributed by atoms with Gasteiger partial charge in [-0.3, -0.25) is 9.78 Å². The van der Waals surface area contributed by atoms with Crippen molar-refractivity contribution in [3.05, 3.63) is 30.1 Å². The van der Waals surface area contributed by atoms with Crippen molar-refractivity contribution < 1.29 is 10.1 Å². The molecule has 0 aromatic carbocycles. The number of pyridine rings is 1. The number of nitrogens with two attached hydrogens (primary N) is 1. The van der Waals surface area contributed by atoms with Gasteiger partial charge in [-0.2, -0.15) is 0 Å². The van der Waals surface area contributed by atoms with E-state index in [0.29, 0.717) is 6.54 Å². The van der Waals surface area contributed by atoms with Crippen LogP contribution >= 0.6 is 34.8 Å². The second-order valence-electron chi connectivity index (χ2n) is 4.48. The van der Waals surface area contributed by atoms with Crippen molar-refractivity contribution in [2.75, 3.05) is 0 Å². The van der Waals surface area contributed by atoms with Gasteiger partial charge in [-0.1, -0.05) is 54.7 Å². The molecule has 1 heterocycles. The van der Waals surface area contributed by atoms with Gasteiger partial charge in [-0.15, -0.1) is 0 Å². The third-order valence-corrected chi connectivity index (χ3v) is 3.19. The summed E-state index contributed by atoms with van der Waals surface area (Å²) in [6.45, 7) is 4.13. The minimum absolute atomic E-state index is 0.154. The van der Waals surface area contributed by atoms with Crippen molar-refractivity contribution in [2.45, 2.75) is 30.4 Å². The third-order valence-electron chi connectivity index (χ3n) is 2.49. The van der Waals surface area contributed by atoms with Crippen LogP contribution in [0.1, 0.15) is 19.4 Å². The van der Waals surface area contributed by atoms with E-state index in [0.717, 1.165) is 5.56 Å². The van der Waals surface area contributed by atoms with E-state index in [2.05, 4.69) is 10.3 Å². The number of quaternary nitrogens is 1. The minimum Gasteiger partial charge on any atom is -0.319 e. The Hall–Kier alpha value is -0.550. The van der Waals surface area contributed by atoms with E-state index < -0.39 is 9.96 Å². The molecule has 0 fully saturated rings. The molecule has 0 aliphatic carbocycles. The average molecular weight is 326 g/mol. The van der Waals surface area contributed by atoms with Crippen LogP contribution in [0.3, 0.4) is 0 Å². The fraction of sp³-hybridized carbons (Fsp3) is 0.500. The normalized spacial score (nSPS) is 13.4. The summed E-state index contributed by atoms with van der Waals surface area (Å²) in [6, 6.07) is 3.75. The molecule has 106 valence electrons. The summed E-state index contributed by atoms with van der Waals surface area (Å²) in [5, 5.41) is 4.48. The fourth-order valence-electron chi connectivity index (χ4n) is 1.37. The largest absolute Gasteiger partial charge is 0.319 e. The number of nitrogens with one attached hydrogen (secondary N) is 1. The Balaban J connectivity index is 2.63. The predicted molar refractivity (Wildman–Crippen MR) is 76.9 cm³/mol. The monoisotopic (exact) mass is 324 g/mol. The van der Waals surface area contributed by atoms with Crippen LogP contribution < -0.4 is 10.6 Å². The molecule has 7 heteroatoms. The molecule has 1 rings (SSSR count). The summed E-state index contributed by atoms with van der Waals surface area (Å²) in [4.78, 5) is 15.7. The maximum absolute atomic E-state index is 11.7. The lowest BCUT2D eigenvalue weighted by atomic mass is 10.2. The number of alkyl halides is 3. The van der Waals surface area contributed by atoms with Gasteiger partial charge in [0.15, 0.2) is 0 Å². The van der Waals surface area contributed by atoms with E-state index in [1.807, 2.05) is 12.1 Å². The number of hydrogen-bond donors (Lipinski definition) is 2. The van der Waals surface area contributed by atoms with E-state index in [-0.39, 0.29) is 11.8 Å². The minimum atomic E-state index is -1.58. The molecule has 0 saturated heterocycles. The van der Waals surface area contributed by atoms with Crippen LogP contribution in [-0.4, -0.2) is 20.8 Å². The lowest BCUT2D eigenvalue weighted by Crippen LogP contribution is -2.95. The fourth-order valence-corrected chi connectivity index (χ4v) is 1.80. The molecule has 0 spiro atoms. The molecule has 1 amide bonds. The molecule has 0 bridgehead atoms. The number of hydrogen-bond acceptors (Lipinski definition) is 2. The predicted octanol–water partition coefficient (Wildman–Crippen LogP) is 1.61. The van der Waals surface area contributed by atoms with Crippen LogP contribution in [0, 0.1) is 5.92 Å².